The van der Waals surface area contributed by atoms with Crippen LogP contribution in [-0.4, -0.2) is 16.1 Å². The van der Waals surface area contributed by atoms with Crippen molar-refractivity contribution in [3.63, 3.8) is 0 Å². The van der Waals surface area contributed by atoms with Crippen LogP contribution in [0.15, 0.2) is 22.9 Å². The van der Waals surface area contributed by atoms with Gasteiger partial charge in [-0.1, -0.05) is 0 Å². The fraction of sp³-hybridized carbons (Fsp3) is 0.250. The van der Waals surface area contributed by atoms with E-state index in [1.807, 2.05) is 0 Å². The Balaban J connectivity index is 2.82. The third-order valence-electron chi connectivity index (χ3n) is 1.60. The zero-order chi connectivity index (χ0) is 9.84. The molecule has 13 heavy (non-hydrogen) atoms. The second-order valence-electron chi connectivity index (χ2n) is 2.60. The van der Waals surface area contributed by atoms with Gasteiger partial charge in [-0.15, -0.1) is 0 Å². The lowest BCUT2D eigenvalue weighted by Crippen LogP contribution is -2.15. The number of halogens is 1. The average Bonchev–Trinajstić information content (AvgIpc) is 2.03. The van der Waals surface area contributed by atoms with Crippen LogP contribution in [0.5, 0.6) is 0 Å². The van der Waals surface area contributed by atoms with E-state index in [2.05, 4.69) is 20.9 Å². The zero-order valence-electron chi connectivity index (χ0n) is 6.77. The van der Waals surface area contributed by atoms with Crippen LogP contribution in [0.25, 0.3) is 0 Å². The number of nitrogens with two attached hydrogens (primary N) is 1. The van der Waals surface area contributed by atoms with Gasteiger partial charge in [-0.2, -0.15) is 0 Å². The summed E-state index contributed by atoms with van der Waals surface area (Å²) >= 11 is 3.25. The molecule has 1 atom stereocenters. The first-order valence-corrected chi connectivity index (χ1v) is 4.47. The first-order chi connectivity index (χ1) is 6.11. The van der Waals surface area contributed by atoms with Gasteiger partial charge in [0.15, 0.2) is 0 Å². The van der Waals surface area contributed by atoms with Crippen LogP contribution in [0, 0.1) is 0 Å². The molecule has 0 bridgehead atoms. The van der Waals surface area contributed by atoms with Gasteiger partial charge in [0.25, 0.3) is 0 Å². The Kier molecular flexibility index (Phi) is 3.39. The number of rotatable bonds is 3. The fourth-order valence-electron chi connectivity index (χ4n) is 0.985. The van der Waals surface area contributed by atoms with Gasteiger partial charge in [0, 0.05) is 22.9 Å². The molecule has 4 nitrogen and oxygen atoms in total. The highest BCUT2D eigenvalue weighted by atomic mass is 79.9. The summed E-state index contributed by atoms with van der Waals surface area (Å²) in [7, 11) is 0. The van der Waals surface area contributed by atoms with E-state index in [1.165, 1.54) is 0 Å². The lowest BCUT2D eigenvalue weighted by Gasteiger charge is -2.10. The first kappa shape index (κ1) is 10.1. The standard InChI is InChI=1S/C8H9BrN2O2/c9-6-4-11-2-1-5(6)7(10)3-8(12)13/h1-2,4,7H,3,10H2,(H,12,13)/t7-/m0/s1. The second-order valence-corrected chi connectivity index (χ2v) is 3.46. The molecule has 0 fully saturated rings. The Morgan fingerprint density at radius 3 is 3.00 bits per heavy atom. The first-order valence-electron chi connectivity index (χ1n) is 3.68. The van der Waals surface area contributed by atoms with Gasteiger partial charge in [-0.05, 0) is 27.6 Å². The predicted molar refractivity (Wildman–Crippen MR) is 51.1 cm³/mol. The van der Waals surface area contributed by atoms with E-state index in [0.717, 1.165) is 10.0 Å². The molecule has 0 aliphatic rings. The van der Waals surface area contributed by atoms with Crippen molar-refractivity contribution in [2.24, 2.45) is 5.73 Å². The molecule has 0 unspecified atom stereocenters. The number of carboxylic acid groups (broad SMARTS) is 1. The fourth-order valence-corrected chi connectivity index (χ4v) is 1.53. The Morgan fingerprint density at radius 2 is 2.46 bits per heavy atom. The number of aliphatic carboxylic acids is 1. The number of pyridine rings is 1. The van der Waals surface area contributed by atoms with Crippen molar-refractivity contribution in [1.29, 1.82) is 0 Å². The van der Waals surface area contributed by atoms with Gasteiger partial charge < -0.3 is 10.8 Å². The summed E-state index contributed by atoms with van der Waals surface area (Å²) in [5, 5.41) is 8.53. The van der Waals surface area contributed by atoms with E-state index >= 15 is 0 Å². The highest BCUT2D eigenvalue weighted by molar-refractivity contribution is 9.10. The van der Waals surface area contributed by atoms with Crippen molar-refractivity contribution in [1.82, 2.24) is 4.98 Å². The van der Waals surface area contributed by atoms with Crippen molar-refractivity contribution in [2.75, 3.05) is 0 Å². The quantitative estimate of drug-likeness (QED) is 0.841. The maximum atomic E-state index is 10.4. The summed E-state index contributed by atoms with van der Waals surface area (Å²) in [4.78, 5) is 14.2. The van der Waals surface area contributed by atoms with Crippen LogP contribution in [-0.2, 0) is 4.79 Å². The molecule has 1 aromatic heterocycles. The molecule has 0 amide bonds. The molecule has 0 aliphatic heterocycles. The molecule has 0 saturated carbocycles. The van der Waals surface area contributed by atoms with Crippen LogP contribution in [0.4, 0.5) is 0 Å². The minimum absolute atomic E-state index is 0.0807. The van der Waals surface area contributed by atoms with Crippen LogP contribution < -0.4 is 5.73 Å². The summed E-state index contributed by atoms with van der Waals surface area (Å²) in [5.74, 6) is -0.906. The number of carboxylic acids is 1. The molecule has 70 valence electrons. The van der Waals surface area contributed by atoms with Crippen molar-refractivity contribution >= 4 is 21.9 Å². The van der Waals surface area contributed by atoms with Crippen molar-refractivity contribution in [2.45, 2.75) is 12.5 Å². The van der Waals surface area contributed by atoms with E-state index in [4.69, 9.17) is 10.8 Å². The third-order valence-corrected chi connectivity index (χ3v) is 2.26. The van der Waals surface area contributed by atoms with Gasteiger partial charge in [0.05, 0.1) is 6.42 Å². The molecule has 3 N–H and O–H groups in total. The average molecular weight is 245 g/mol. The Labute approximate surface area is 83.9 Å². The molecule has 0 radical (unpaired) electrons. The summed E-state index contributed by atoms with van der Waals surface area (Å²) in [6.07, 6.45) is 3.10. The van der Waals surface area contributed by atoms with Gasteiger partial charge in [-0.3, -0.25) is 9.78 Å². The van der Waals surface area contributed by atoms with Gasteiger partial charge in [0.1, 0.15) is 0 Å². The zero-order valence-corrected chi connectivity index (χ0v) is 8.36. The number of nitrogens with zero attached hydrogens (tertiary/aromatic N) is 1. The Morgan fingerprint density at radius 1 is 1.77 bits per heavy atom. The maximum Gasteiger partial charge on any atom is 0.305 e. The molecular weight excluding hydrogens is 236 g/mol. The Bertz CT molecular complexity index is 317. The molecule has 1 rings (SSSR count). The highest BCUT2D eigenvalue weighted by Gasteiger charge is 2.12. The number of hydrogen-bond acceptors (Lipinski definition) is 3. The predicted octanol–water partition coefficient (Wildman–Crippen LogP) is 1.32. The number of hydrogen-bond donors (Lipinski definition) is 2. The molecule has 0 saturated heterocycles. The molecule has 0 spiro atoms. The van der Waals surface area contributed by atoms with Gasteiger partial charge >= 0.3 is 5.97 Å². The minimum Gasteiger partial charge on any atom is -0.481 e. The largest absolute Gasteiger partial charge is 0.481 e. The van der Waals surface area contributed by atoms with Crippen molar-refractivity contribution in [3.05, 3.63) is 28.5 Å². The lowest BCUT2D eigenvalue weighted by molar-refractivity contribution is -0.137. The highest BCUT2D eigenvalue weighted by Crippen LogP contribution is 2.22. The molecular formula is C8H9BrN2O2. The minimum atomic E-state index is -0.906. The molecule has 5 heteroatoms. The SMILES string of the molecule is N[C@@H](CC(=O)O)c1ccncc1Br. The van der Waals surface area contributed by atoms with Gasteiger partial charge in [0.2, 0.25) is 0 Å². The third kappa shape index (κ3) is 2.78. The summed E-state index contributed by atoms with van der Waals surface area (Å²) in [6.45, 7) is 0. The van der Waals surface area contributed by atoms with Crippen molar-refractivity contribution in [3.8, 4) is 0 Å². The number of carbonyl (C=O) groups is 1. The summed E-state index contributed by atoms with van der Waals surface area (Å²) in [5.41, 5.74) is 6.42. The second kappa shape index (κ2) is 4.34. The van der Waals surface area contributed by atoms with E-state index in [9.17, 15) is 4.79 Å². The normalized spacial score (nSPS) is 12.5. The van der Waals surface area contributed by atoms with Gasteiger partial charge in [-0.25, -0.2) is 0 Å². The summed E-state index contributed by atoms with van der Waals surface area (Å²) in [6, 6.07) is 1.22. The van der Waals surface area contributed by atoms with E-state index in [1.54, 1.807) is 18.5 Å². The van der Waals surface area contributed by atoms with E-state index in [-0.39, 0.29) is 6.42 Å². The van der Waals surface area contributed by atoms with Crippen molar-refractivity contribution < 1.29 is 9.90 Å². The van der Waals surface area contributed by atoms with Crippen LogP contribution >= 0.6 is 15.9 Å². The maximum absolute atomic E-state index is 10.4. The molecule has 0 aromatic carbocycles. The lowest BCUT2D eigenvalue weighted by atomic mass is 10.1. The molecule has 0 aliphatic carbocycles. The van der Waals surface area contributed by atoms with Crippen LogP contribution in [0.3, 0.4) is 0 Å². The van der Waals surface area contributed by atoms with Crippen LogP contribution in [0.1, 0.15) is 18.0 Å². The van der Waals surface area contributed by atoms with E-state index < -0.39 is 12.0 Å². The molecule has 1 heterocycles. The molecule has 1 aromatic rings. The smallest absolute Gasteiger partial charge is 0.305 e. The van der Waals surface area contributed by atoms with Crippen LogP contribution in [0.2, 0.25) is 0 Å². The number of aromatic nitrogens is 1. The monoisotopic (exact) mass is 244 g/mol. The van der Waals surface area contributed by atoms with E-state index in [0.29, 0.717) is 0 Å². The topological polar surface area (TPSA) is 76.2 Å². The summed E-state index contributed by atoms with van der Waals surface area (Å²) < 4.78 is 0.740. The Hall–Kier alpha value is -0.940.